The van der Waals surface area contributed by atoms with Crippen LogP contribution in [0.4, 0.5) is 0 Å². The minimum atomic E-state index is -0.0292. The molecule has 122 valence electrons. The van der Waals surface area contributed by atoms with Crippen LogP contribution in [0.2, 0.25) is 0 Å². The van der Waals surface area contributed by atoms with Gasteiger partial charge in [0, 0.05) is 11.9 Å². The van der Waals surface area contributed by atoms with E-state index in [2.05, 4.69) is 15.3 Å². The molecule has 6 heteroatoms. The summed E-state index contributed by atoms with van der Waals surface area (Å²) in [5.41, 5.74) is 1.91. The average molecular weight is 339 g/mol. The predicted octanol–water partition coefficient (Wildman–Crippen LogP) is 3.05. The van der Waals surface area contributed by atoms with Gasteiger partial charge in [-0.15, -0.1) is 0 Å². The van der Waals surface area contributed by atoms with E-state index in [0.29, 0.717) is 12.3 Å². The normalized spacial score (nSPS) is 10.5. The molecule has 0 aliphatic heterocycles. The zero-order chi connectivity index (χ0) is 16.8. The van der Waals surface area contributed by atoms with E-state index < -0.39 is 0 Å². The summed E-state index contributed by atoms with van der Waals surface area (Å²) < 4.78 is 5.11. The van der Waals surface area contributed by atoms with Crippen molar-refractivity contribution in [3.8, 4) is 5.75 Å². The lowest BCUT2D eigenvalue weighted by Gasteiger charge is -2.07. The fourth-order valence-electron chi connectivity index (χ4n) is 2.22. The fourth-order valence-corrected chi connectivity index (χ4v) is 3.04. The maximum absolute atomic E-state index is 12.0. The Labute approximate surface area is 144 Å². The molecular formula is C18H17N3O2S. The van der Waals surface area contributed by atoms with Crippen LogP contribution in [0.3, 0.4) is 0 Å². The Hall–Kier alpha value is -2.60. The molecule has 1 aromatic heterocycles. The molecule has 0 unspecified atom stereocenters. The molecule has 0 fully saturated rings. The molecule has 1 amide bonds. The lowest BCUT2D eigenvalue weighted by molar-refractivity contribution is -0.118. The van der Waals surface area contributed by atoms with Gasteiger partial charge in [-0.2, -0.15) is 0 Å². The SMILES string of the molecule is COc1ccc(CNC(=O)CSc2ncnc3ccccc23)cc1. The number of benzene rings is 2. The van der Waals surface area contributed by atoms with E-state index in [-0.39, 0.29) is 5.91 Å². The Morgan fingerprint density at radius 3 is 2.71 bits per heavy atom. The summed E-state index contributed by atoms with van der Waals surface area (Å²) in [6.07, 6.45) is 1.53. The third-order valence-electron chi connectivity index (χ3n) is 3.49. The number of rotatable bonds is 6. The van der Waals surface area contributed by atoms with Crippen molar-refractivity contribution < 1.29 is 9.53 Å². The Morgan fingerprint density at radius 1 is 1.12 bits per heavy atom. The summed E-state index contributed by atoms with van der Waals surface area (Å²) >= 11 is 1.42. The number of fused-ring (bicyclic) bond motifs is 1. The quantitative estimate of drug-likeness (QED) is 0.552. The van der Waals surface area contributed by atoms with Crippen molar-refractivity contribution in [1.82, 2.24) is 15.3 Å². The smallest absolute Gasteiger partial charge is 0.230 e. The highest BCUT2D eigenvalue weighted by Crippen LogP contribution is 2.23. The number of hydrogen-bond acceptors (Lipinski definition) is 5. The summed E-state index contributed by atoms with van der Waals surface area (Å²) in [4.78, 5) is 20.5. The van der Waals surface area contributed by atoms with Gasteiger partial charge in [-0.1, -0.05) is 42.1 Å². The molecule has 0 saturated heterocycles. The van der Waals surface area contributed by atoms with Gasteiger partial charge in [0.1, 0.15) is 17.1 Å². The van der Waals surface area contributed by atoms with Crippen molar-refractivity contribution in [2.45, 2.75) is 11.6 Å². The van der Waals surface area contributed by atoms with E-state index in [4.69, 9.17) is 4.74 Å². The van der Waals surface area contributed by atoms with Crippen molar-refractivity contribution in [2.24, 2.45) is 0 Å². The summed E-state index contributed by atoms with van der Waals surface area (Å²) in [5.74, 6) is 1.09. The number of hydrogen-bond donors (Lipinski definition) is 1. The molecular weight excluding hydrogens is 322 g/mol. The zero-order valence-electron chi connectivity index (χ0n) is 13.2. The molecule has 3 aromatic rings. The number of aromatic nitrogens is 2. The van der Waals surface area contributed by atoms with Crippen molar-refractivity contribution >= 4 is 28.6 Å². The summed E-state index contributed by atoms with van der Waals surface area (Å²) in [7, 11) is 1.63. The first kappa shape index (κ1) is 16.3. The Kier molecular flexibility index (Phi) is 5.28. The maximum Gasteiger partial charge on any atom is 0.230 e. The Morgan fingerprint density at radius 2 is 1.92 bits per heavy atom. The van der Waals surface area contributed by atoms with Gasteiger partial charge >= 0.3 is 0 Å². The summed E-state index contributed by atoms with van der Waals surface area (Å²) in [6, 6.07) is 15.4. The van der Waals surface area contributed by atoms with E-state index in [0.717, 1.165) is 27.2 Å². The van der Waals surface area contributed by atoms with Gasteiger partial charge in [0.2, 0.25) is 5.91 Å². The molecule has 0 aliphatic carbocycles. The van der Waals surface area contributed by atoms with Crippen molar-refractivity contribution in [2.75, 3.05) is 12.9 Å². The first-order valence-corrected chi connectivity index (χ1v) is 8.47. The van der Waals surface area contributed by atoms with E-state index in [1.54, 1.807) is 7.11 Å². The number of thioether (sulfide) groups is 1. The van der Waals surface area contributed by atoms with E-state index in [1.807, 2.05) is 48.5 Å². The number of para-hydroxylation sites is 1. The number of methoxy groups -OCH3 is 1. The topological polar surface area (TPSA) is 64.1 Å². The molecule has 5 nitrogen and oxygen atoms in total. The average Bonchev–Trinajstić information content (AvgIpc) is 2.65. The largest absolute Gasteiger partial charge is 0.497 e. The first-order valence-electron chi connectivity index (χ1n) is 7.48. The van der Waals surface area contributed by atoms with Crippen molar-refractivity contribution in [3.63, 3.8) is 0 Å². The Bertz CT molecular complexity index is 832. The summed E-state index contributed by atoms with van der Waals surface area (Å²) in [5, 5.41) is 4.70. The van der Waals surface area contributed by atoms with Crippen LogP contribution in [0.25, 0.3) is 10.9 Å². The van der Waals surface area contributed by atoms with Crippen LogP contribution >= 0.6 is 11.8 Å². The maximum atomic E-state index is 12.0. The second-order valence-electron chi connectivity index (χ2n) is 5.11. The van der Waals surface area contributed by atoms with E-state index in [9.17, 15) is 4.79 Å². The van der Waals surface area contributed by atoms with Gasteiger partial charge in [0.15, 0.2) is 0 Å². The molecule has 24 heavy (non-hydrogen) atoms. The number of carbonyl (C=O) groups excluding carboxylic acids is 1. The molecule has 1 heterocycles. The minimum absolute atomic E-state index is 0.0292. The monoisotopic (exact) mass is 339 g/mol. The number of nitrogens with one attached hydrogen (secondary N) is 1. The highest BCUT2D eigenvalue weighted by Gasteiger charge is 2.07. The van der Waals surface area contributed by atoms with Crippen LogP contribution in [-0.2, 0) is 11.3 Å². The fraction of sp³-hybridized carbons (Fsp3) is 0.167. The summed E-state index contributed by atoms with van der Waals surface area (Å²) in [6.45, 7) is 0.494. The number of ether oxygens (including phenoxy) is 1. The lowest BCUT2D eigenvalue weighted by Crippen LogP contribution is -2.24. The molecule has 1 N–H and O–H groups in total. The number of carbonyl (C=O) groups is 1. The van der Waals surface area contributed by atoms with E-state index >= 15 is 0 Å². The van der Waals surface area contributed by atoms with Crippen LogP contribution < -0.4 is 10.1 Å². The van der Waals surface area contributed by atoms with Crippen LogP contribution in [-0.4, -0.2) is 28.7 Å². The zero-order valence-corrected chi connectivity index (χ0v) is 14.0. The molecule has 0 aliphatic rings. The highest BCUT2D eigenvalue weighted by molar-refractivity contribution is 8.00. The standard InChI is InChI=1S/C18H17N3O2S/c1-23-14-8-6-13(7-9-14)10-19-17(22)11-24-18-15-4-2-3-5-16(15)20-12-21-18/h2-9,12H,10-11H2,1H3,(H,19,22). The molecule has 0 saturated carbocycles. The molecule has 3 rings (SSSR count). The number of amides is 1. The Balaban J connectivity index is 1.55. The molecule has 2 aromatic carbocycles. The van der Waals surface area contributed by atoms with Crippen LogP contribution in [0.15, 0.2) is 59.9 Å². The third kappa shape index (κ3) is 4.02. The van der Waals surface area contributed by atoms with Gasteiger partial charge in [0.25, 0.3) is 0 Å². The molecule has 0 radical (unpaired) electrons. The first-order chi connectivity index (χ1) is 11.8. The van der Waals surface area contributed by atoms with E-state index in [1.165, 1.54) is 18.1 Å². The van der Waals surface area contributed by atoms with Crippen molar-refractivity contribution in [3.05, 3.63) is 60.4 Å². The van der Waals surface area contributed by atoms with Gasteiger partial charge < -0.3 is 10.1 Å². The highest BCUT2D eigenvalue weighted by atomic mass is 32.2. The van der Waals surface area contributed by atoms with Crippen LogP contribution in [0, 0.1) is 0 Å². The third-order valence-corrected chi connectivity index (χ3v) is 4.50. The van der Waals surface area contributed by atoms with Gasteiger partial charge in [-0.05, 0) is 23.8 Å². The van der Waals surface area contributed by atoms with Gasteiger partial charge in [-0.3, -0.25) is 4.79 Å². The van der Waals surface area contributed by atoms with Gasteiger partial charge in [-0.25, -0.2) is 9.97 Å². The molecule has 0 bridgehead atoms. The predicted molar refractivity (Wildman–Crippen MR) is 95.1 cm³/mol. The second-order valence-corrected chi connectivity index (χ2v) is 6.07. The second kappa shape index (κ2) is 7.79. The van der Waals surface area contributed by atoms with Gasteiger partial charge in [0.05, 0.1) is 18.4 Å². The van der Waals surface area contributed by atoms with Crippen molar-refractivity contribution in [1.29, 1.82) is 0 Å². The molecule has 0 spiro atoms. The number of nitrogens with zero attached hydrogens (tertiary/aromatic N) is 2. The van der Waals surface area contributed by atoms with Crippen LogP contribution in [0.1, 0.15) is 5.56 Å². The molecule has 0 atom stereocenters. The van der Waals surface area contributed by atoms with Crippen LogP contribution in [0.5, 0.6) is 5.75 Å². The minimum Gasteiger partial charge on any atom is -0.497 e. The lowest BCUT2D eigenvalue weighted by atomic mass is 10.2.